The number of nitro benzene ring substituents is 1. The lowest BCUT2D eigenvalue weighted by Gasteiger charge is -2.36. The molecule has 0 spiro atoms. The van der Waals surface area contributed by atoms with Crippen molar-refractivity contribution in [3.05, 3.63) is 64.7 Å². The molecule has 2 heterocycles. The molecule has 2 saturated heterocycles. The van der Waals surface area contributed by atoms with Crippen LogP contribution in [0.25, 0.3) is 0 Å². The molecule has 190 valence electrons. The van der Waals surface area contributed by atoms with Crippen molar-refractivity contribution in [2.45, 2.75) is 12.8 Å². The van der Waals surface area contributed by atoms with E-state index in [2.05, 4.69) is 10.2 Å². The Labute approximate surface area is 208 Å². The van der Waals surface area contributed by atoms with E-state index >= 15 is 0 Å². The maximum absolute atomic E-state index is 12.6. The molecule has 11 heteroatoms. The summed E-state index contributed by atoms with van der Waals surface area (Å²) >= 11 is 0. The van der Waals surface area contributed by atoms with Gasteiger partial charge in [-0.15, -0.1) is 0 Å². The Balaban J connectivity index is 1.16. The van der Waals surface area contributed by atoms with Crippen molar-refractivity contribution in [3.63, 3.8) is 0 Å². The maximum atomic E-state index is 12.6. The molecular formula is C25H29N5O6. The number of anilines is 2. The van der Waals surface area contributed by atoms with Gasteiger partial charge in [0.25, 0.3) is 11.6 Å². The highest BCUT2D eigenvalue weighted by Crippen LogP contribution is 2.22. The van der Waals surface area contributed by atoms with Gasteiger partial charge in [0.05, 0.1) is 10.8 Å². The van der Waals surface area contributed by atoms with Gasteiger partial charge >= 0.3 is 12.0 Å². The minimum absolute atomic E-state index is 0.0375. The van der Waals surface area contributed by atoms with Crippen molar-refractivity contribution in [1.29, 1.82) is 0 Å². The van der Waals surface area contributed by atoms with Crippen LogP contribution < -0.4 is 10.2 Å². The number of piperazine rings is 1. The Morgan fingerprint density at radius 2 is 1.53 bits per heavy atom. The summed E-state index contributed by atoms with van der Waals surface area (Å²) in [6.45, 7) is 2.70. The van der Waals surface area contributed by atoms with Crippen molar-refractivity contribution in [2.75, 3.05) is 56.1 Å². The molecule has 0 aliphatic carbocycles. The van der Waals surface area contributed by atoms with Crippen molar-refractivity contribution >= 4 is 35.0 Å². The Morgan fingerprint density at radius 1 is 0.889 bits per heavy atom. The van der Waals surface area contributed by atoms with Crippen LogP contribution >= 0.6 is 0 Å². The molecule has 0 bridgehead atoms. The van der Waals surface area contributed by atoms with Crippen LogP contribution in [0.15, 0.2) is 54.6 Å². The zero-order valence-electron chi connectivity index (χ0n) is 19.9. The van der Waals surface area contributed by atoms with Gasteiger partial charge in [-0.1, -0.05) is 18.2 Å². The molecule has 0 unspecified atom stereocenters. The fourth-order valence-corrected chi connectivity index (χ4v) is 4.38. The number of amides is 3. The second-order valence-corrected chi connectivity index (χ2v) is 8.81. The van der Waals surface area contributed by atoms with Gasteiger partial charge in [0.1, 0.15) is 0 Å². The number of piperidine rings is 1. The third-order valence-electron chi connectivity index (χ3n) is 6.54. The monoisotopic (exact) mass is 495 g/mol. The van der Waals surface area contributed by atoms with Gasteiger partial charge in [-0.05, 0) is 37.1 Å². The number of hydrogen-bond acceptors (Lipinski definition) is 7. The van der Waals surface area contributed by atoms with E-state index in [4.69, 9.17) is 4.74 Å². The van der Waals surface area contributed by atoms with E-state index in [0.29, 0.717) is 52.1 Å². The summed E-state index contributed by atoms with van der Waals surface area (Å²) < 4.78 is 5.31. The lowest BCUT2D eigenvalue weighted by molar-refractivity contribution is -0.384. The predicted octanol–water partition coefficient (Wildman–Crippen LogP) is 2.73. The number of rotatable bonds is 6. The molecule has 2 aliphatic heterocycles. The van der Waals surface area contributed by atoms with Crippen molar-refractivity contribution < 1.29 is 24.0 Å². The summed E-state index contributed by atoms with van der Waals surface area (Å²) in [6.07, 6.45) is 0.978. The summed E-state index contributed by atoms with van der Waals surface area (Å²) in [5.74, 6) is -0.986. The Hall–Kier alpha value is -4.15. The second-order valence-electron chi connectivity index (χ2n) is 8.81. The van der Waals surface area contributed by atoms with Gasteiger partial charge in [-0.3, -0.25) is 19.7 Å². The summed E-state index contributed by atoms with van der Waals surface area (Å²) in [7, 11) is 0. The first kappa shape index (κ1) is 25.0. The highest BCUT2D eigenvalue weighted by molar-refractivity contribution is 5.89. The molecular weight excluding hydrogens is 466 g/mol. The van der Waals surface area contributed by atoms with E-state index in [1.807, 2.05) is 30.3 Å². The number of urea groups is 1. The lowest BCUT2D eigenvalue weighted by Crippen LogP contribution is -2.50. The van der Waals surface area contributed by atoms with Crippen LogP contribution in [0, 0.1) is 16.0 Å². The zero-order valence-corrected chi connectivity index (χ0v) is 19.9. The summed E-state index contributed by atoms with van der Waals surface area (Å²) in [4.78, 5) is 53.2. The zero-order chi connectivity index (χ0) is 25.5. The topological polar surface area (TPSA) is 125 Å². The molecule has 0 atom stereocenters. The van der Waals surface area contributed by atoms with Gasteiger partial charge in [0, 0.05) is 62.8 Å². The van der Waals surface area contributed by atoms with E-state index in [1.165, 1.54) is 12.1 Å². The number of benzene rings is 2. The molecule has 0 aromatic heterocycles. The quantitative estimate of drug-likeness (QED) is 0.371. The van der Waals surface area contributed by atoms with Gasteiger partial charge < -0.3 is 24.8 Å². The Morgan fingerprint density at radius 3 is 2.14 bits per heavy atom. The third kappa shape index (κ3) is 6.29. The number of nitro groups is 1. The number of likely N-dealkylation sites (tertiary alicyclic amines) is 1. The third-order valence-corrected chi connectivity index (χ3v) is 6.54. The van der Waals surface area contributed by atoms with Gasteiger partial charge in [0.2, 0.25) is 0 Å². The average Bonchev–Trinajstić information content (AvgIpc) is 2.92. The molecule has 2 aromatic rings. The average molecular weight is 496 g/mol. The second kappa shape index (κ2) is 11.5. The number of ether oxygens (including phenoxy) is 1. The normalized spacial score (nSPS) is 16.4. The largest absolute Gasteiger partial charge is 0.455 e. The lowest BCUT2D eigenvalue weighted by atomic mass is 9.97. The van der Waals surface area contributed by atoms with Crippen LogP contribution in [0.1, 0.15) is 12.8 Å². The molecule has 3 amide bonds. The summed E-state index contributed by atoms with van der Waals surface area (Å²) in [5.41, 5.74) is 1.62. The highest BCUT2D eigenvalue weighted by Gasteiger charge is 2.30. The van der Waals surface area contributed by atoms with E-state index in [1.54, 1.807) is 21.9 Å². The molecule has 2 aliphatic rings. The highest BCUT2D eigenvalue weighted by atomic mass is 16.6. The first-order valence-electron chi connectivity index (χ1n) is 12.0. The number of nitrogens with zero attached hydrogens (tertiary/aromatic N) is 4. The van der Waals surface area contributed by atoms with E-state index in [9.17, 15) is 24.5 Å². The predicted molar refractivity (Wildman–Crippen MR) is 133 cm³/mol. The van der Waals surface area contributed by atoms with Crippen LogP contribution in [0.5, 0.6) is 0 Å². The first-order chi connectivity index (χ1) is 17.4. The number of carbonyl (C=O) groups is 3. The number of non-ortho nitro benzene ring substituents is 1. The molecule has 36 heavy (non-hydrogen) atoms. The number of esters is 1. The molecule has 1 N–H and O–H groups in total. The van der Waals surface area contributed by atoms with E-state index in [0.717, 1.165) is 11.4 Å². The van der Waals surface area contributed by atoms with Crippen LogP contribution in [0.2, 0.25) is 0 Å². The molecule has 2 fully saturated rings. The van der Waals surface area contributed by atoms with Crippen molar-refractivity contribution in [1.82, 2.24) is 9.80 Å². The van der Waals surface area contributed by atoms with Gasteiger partial charge in [0.15, 0.2) is 6.61 Å². The van der Waals surface area contributed by atoms with E-state index in [-0.39, 0.29) is 30.2 Å². The van der Waals surface area contributed by atoms with Crippen molar-refractivity contribution in [2.24, 2.45) is 5.92 Å². The van der Waals surface area contributed by atoms with E-state index < -0.39 is 10.9 Å². The summed E-state index contributed by atoms with van der Waals surface area (Å²) in [6, 6.07) is 15.3. The SMILES string of the molecule is O=C(OCC(=O)N1CCN(c2ccc([N+](=O)[O-])cc2)CC1)C1CCN(C(=O)Nc2ccccc2)CC1. The van der Waals surface area contributed by atoms with Crippen LogP contribution in [0.3, 0.4) is 0 Å². The first-order valence-corrected chi connectivity index (χ1v) is 12.0. The molecule has 0 saturated carbocycles. The number of carbonyl (C=O) groups excluding carboxylic acids is 3. The number of hydrogen-bond donors (Lipinski definition) is 1. The number of para-hydroxylation sites is 1. The summed E-state index contributed by atoms with van der Waals surface area (Å²) in [5, 5.41) is 13.7. The number of nitrogens with one attached hydrogen (secondary N) is 1. The molecule has 4 rings (SSSR count). The fraction of sp³-hybridized carbons (Fsp3) is 0.400. The molecule has 2 aromatic carbocycles. The van der Waals surface area contributed by atoms with Crippen LogP contribution in [0.4, 0.5) is 21.9 Å². The standard InChI is InChI=1S/C25H29N5O6/c31-23(28-16-14-27(15-17-28)21-6-8-22(9-7-21)30(34)35)18-36-24(32)19-10-12-29(13-11-19)25(33)26-20-4-2-1-3-5-20/h1-9,19H,10-18H2,(H,26,33). The Kier molecular flexibility index (Phi) is 7.99. The van der Waals surface area contributed by atoms with Crippen LogP contribution in [-0.4, -0.2) is 78.5 Å². The minimum Gasteiger partial charge on any atom is -0.455 e. The molecule has 11 nitrogen and oxygen atoms in total. The molecule has 0 radical (unpaired) electrons. The van der Waals surface area contributed by atoms with Gasteiger partial charge in [-0.2, -0.15) is 0 Å². The maximum Gasteiger partial charge on any atom is 0.321 e. The minimum atomic E-state index is -0.437. The fourth-order valence-electron chi connectivity index (χ4n) is 4.38. The van der Waals surface area contributed by atoms with Gasteiger partial charge in [-0.25, -0.2) is 4.79 Å². The van der Waals surface area contributed by atoms with Crippen LogP contribution in [-0.2, 0) is 14.3 Å². The smallest absolute Gasteiger partial charge is 0.321 e. The Bertz CT molecular complexity index is 1080. The van der Waals surface area contributed by atoms with Crippen molar-refractivity contribution in [3.8, 4) is 0 Å².